The van der Waals surface area contributed by atoms with Crippen molar-refractivity contribution in [3.05, 3.63) is 52.2 Å². The Morgan fingerprint density at radius 2 is 2.00 bits per heavy atom. The molecule has 7 heteroatoms. The lowest BCUT2D eigenvalue weighted by atomic mass is 10.2. The molecule has 0 saturated heterocycles. The Labute approximate surface area is 121 Å². The molecule has 1 aromatic heterocycles. The highest BCUT2D eigenvalue weighted by Gasteiger charge is 2.16. The van der Waals surface area contributed by atoms with Crippen molar-refractivity contribution in [2.24, 2.45) is 0 Å². The molecule has 1 heterocycles. The minimum absolute atomic E-state index is 0.104. The normalized spacial score (nSPS) is 10.0. The Kier molecular flexibility index (Phi) is 4.55. The Morgan fingerprint density at radius 3 is 2.67 bits per heavy atom. The zero-order chi connectivity index (χ0) is 15.2. The molecule has 110 valence electrons. The summed E-state index contributed by atoms with van der Waals surface area (Å²) in [5.41, 5.74) is 0.718. The molecule has 0 fully saturated rings. The van der Waals surface area contributed by atoms with Gasteiger partial charge >= 0.3 is 5.82 Å². The predicted molar refractivity (Wildman–Crippen MR) is 74.8 cm³/mol. The lowest BCUT2D eigenvalue weighted by molar-refractivity contribution is -0.390. The van der Waals surface area contributed by atoms with Crippen molar-refractivity contribution in [3.8, 4) is 17.2 Å². The fraction of sp³-hybridized carbons (Fsp3) is 0.214. The van der Waals surface area contributed by atoms with Gasteiger partial charge in [0.15, 0.2) is 0 Å². The fourth-order valence-electron chi connectivity index (χ4n) is 1.78. The van der Waals surface area contributed by atoms with Crippen LogP contribution in [-0.4, -0.2) is 24.1 Å². The summed E-state index contributed by atoms with van der Waals surface area (Å²) in [4.78, 5) is 14.0. The van der Waals surface area contributed by atoms with E-state index in [1.54, 1.807) is 31.4 Å². The molecule has 0 bridgehead atoms. The van der Waals surface area contributed by atoms with Crippen LogP contribution in [0.2, 0.25) is 0 Å². The van der Waals surface area contributed by atoms with E-state index in [2.05, 4.69) is 4.98 Å². The molecule has 2 rings (SSSR count). The number of aromatic nitrogens is 1. The molecule has 21 heavy (non-hydrogen) atoms. The second-order valence-corrected chi connectivity index (χ2v) is 4.05. The van der Waals surface area contributed by atoms with Crippen LogP contribution in [0.25, 0.3) is 0 Å². The van der Waals surface area contributed by atoms with E-state index in [9.17, 15) is 10.1 Å². The van der Waals surface area contributed by atoms with Gasteiger partial charge in [-0.25, -0.2) is 0 Å². The van der Waals surface area contributed by atoms with Gasteiger partial charge in [0.1, 0.15) is 24.3 Å². The molecular weight excluding hydrogens is 276 g/mol. The first-order chi connectivity index (χ1) is 10.2. The smallest absolute Gasteiger partial charge is 0.406 e. The van der Waals surface area contributed by atoms with E-state index in [0.717, 1.165) is 5.56 Å². The minimum atomic E-state index is -0.585. The molecule has 0 spiro atoms. The van der Waals surface area contributed by atoms with Gasteiger partial charge in [-0.05, 0) is 40.2 Å². The third kappa shape index (κ3) is 3.38. The molecule has 7 nitrogen and oxygen atoms in total. The SMILES string of the molecule is COc1ccc(OC)c(COc2cccnc2[N+](=O)[O-])c1. The molecule has 0 saturated carbocycles. The maximum atomic E-state index is 10.9. The molecule has 1 aromatic carbocycles. The van der Waals surface area contributed by atoms with Gasteiger partial charge in [0.05, 0.1) is 14.2 Å². The Bertz CT molecular complexity index is 645. The quantitative estimate of drug-likeness (QED) is 0.600. The second-order valence-electron chi connectivity index (χ2n) is 4.05. The van der Waals surface area contributed by atoms with Crippen molar-refractivity contribution in [1.29, 1.82) is 0 Å². The van der Waals surface area contributed by atoms with Crippen LogP contribution in [0.3, 0.4) is 0 Å². The van der Waals surface area contributed by atoms with Gasteiger partial charge in [0.2, 0.25) is 5.75 Å². The van der Waals surface area contributed by atoms with Crippen LogP contribution < -0.4 is 14.2 Å². The molecule has 0 aliphatic rings. The van der Waals surface area contributed by atoms with Gasteiger partial charge < -0.3 is 24.3 Å². The summed E-state index contributed by atoms with van der Waals surface area (Å²) < 4.78 is 15.8. The monoisotopic (exact) mass is 290 g/mol. The van der Waals surface area contributed by atoms with Crippen molar-refractivity contribution >= 4 is 5.82 Å². The fourth-order valence-corrected chi connectivity index (χ4v) is 1.78. The van der Waals surface area contributed by atoms with Gasteiger partial charge in [-0.1, -0.05) is 0 Å². The summed E-state index contributed by atoms with van der Waals surface area (Å²) in [7, 11) is 3.09. The first kappa shape index (κ1) is 14.6. The molecule has 0 aliphatic heterocycles. The summed E-state index contributed by atoms with van der Waals surface area (Å²) >= 11 is 0. The van der Waals surface area contributed by atoms with Gasteiger partial charge in [-0.2, -0.15) is 0 Å². The zero-order valence-corrected chi connectivity index (χ0v) is 11.6. The van der Waals surface area contributed by atoms with Gasteiger partial charge in [-0.15, -0.1) is 0 Å². The predicted octanol–water partition coefficient (Wildman–Crippen LogP) is 2.59. The molecule has 0 radical (unpaired) electrons. The average molecular weight is 290 g/mol. The maximum absolute atomic E-state index is 10.9. The van der Waals surface area contributed by atoms with Crippen LogP contribution in [0.5, 0.6) is 17.2 Å². The Morgan fingerprint density at radius 1 is 1.19 bits per heavy atom. The van der Waals surface area contributed by atoms with Crippen molar-refractivity contribution in [3.63, 3.8) is 0 Å². The van der Waals surface area contributed by atoms with E-state index < -0.39 is 4.92 Å². The minimum Gasteiger partial charge on any atom is -0.497 e. The largest absolute Gasteiger partial charge is 0.497 e. The standard InChI is InChI=1S/C14H14N2O5/c1-19-11-5-6-12(20-2)10(8-11)9-21-13-4-3-7-15-14(13)16(17)18/h3-8H,9H2,1-2H3. The Balaban J connectivity index is 2.22. The molecule has 2 aromatic rings. The number of pyridine rings is 1. The van der Waals surface area contributed by atoms with Gasteiger partial charge in [0.25, 0.3) is 0 Å². The number of rotatable bonds is 6. The number of nitro groups is 1. The first-order valence-electron chi connectivity index (χ1n) is 6.09. The van der Waals surface area contributed by atoms with Gasteiger partial charge in [-0.3, -0.25) is 0 Å². The van der Waals surface area contributed by atoms with E-state index in [1.807, 2.05) is 0 Å². The van der Waals surface area contributed by atoms with E-state index in [1.165, 1.54) is 19.4 Å². The molecular formula is C14H14N2O5. The molecule has 0 N–H and O–H groups in total. The number of hydrogen-bond donors (Lipinski definition) is 0. The number of nitrogens with zero attached hydrogens (tertiary/aromatic N) is 2. The summed E-state index contributed by atoms with van der Waals surface area (Å²) in [5, 5.41) is 10.9. The van der Waals surface area contributed by atoms with Crippen molar-refractivity contribution in [1.82, 2.24) is 4.98 Å². The average Bonchev–Trinajstić information content (AvgIpc) is 2.52. The van der Waals surface area contributed by atoms with Crippen LogP contribution in [0, 0.1) is 10.1 Å². The Hall–Kier alpha value is -2.83. The van der Waals surface area contributed by atoms with Crippen LogP contribution in [0.4, 0.5) is 5.82 Å². The van der Waals surface area contributed by atoms with Crippen molar-refractivity contribution in [2.75, 3.05) is 14.2 Å². The number of benzene rings is 1. The molecule has 0 atom stereocenters. The van der Waals surface area contributed by atoms with Crippen LogP contribution in [-0.2, 0) is 6.61 Å². The van der Waals surface area contributed by atoms with Gasteiger partial charge in [0, 0.05) is 5.56 Å². The summed E-state index contributed by atoms with van der Waals surface area (Å²) in [5.74, 6) is 1.05. The van der Waals surface area contributed by atoms with Crippen molar-refractivity contribution < 1.29 is 19.1 Å². The number of ether oxygens (including phenoxy) is 3. The number of methoxy groups -OCH3 is 2. The topological polar surface area (TPSA) is 83.7 Å². The van der Waals surface area contributed by atoms with E-state index >= 15 is 0 Å². The molecule has 0 unspecified atom stereocenters. The second kappa shape index (κ2) is 6.56. The lowest BCUT2D eigenvalue weighted by Crippen LogP contribution is -2.02. The molecule has 0 amide bonds. The third-order valence-corrected chi connectivity index (χ3v) is 2.79. The summed E-state index contributed by atoms with van der Waals surface area (Å²) in [6, 6.07) is 8.33. The highest BCUT2D eigenvalue weighted by atomic mass is 16.6. The van der Waals surface area contributed by atoms with Crippen LogP contribution in [0.15, 0.2) is 36.5 Å². The number of hydrogen-bond acceptors (Lipinski definition) is 6. The third-order valence-electron chi connectivity index (χ3n) is 2.79. The highest BCUT2D eigenvalue weighted by molar-refractivity contribution is 5.42. The van der Waals surface area contributed by atoms with E-state index in [-0.39, 0.29) is 18.2 Å². The lowest BCUT2D eigenvalue weighted by Gasteiger charge is -2.11. The summed E-state index contributed by atoms with van der Waals surface area (Å²) in [6.07, 6.45) is 1.34. The van der Waals surface area contributed by atoms with E-state index in [0.29, 0.717) is 11.5 Å². The van der Waals surface area contributed by atoms with Crippen LogP contribution in [0.1, 0.15) is 5.56 Å². The zero-order valence-electron chi connectivity index (χ0n) is 11.6. The maximum Gasteiger partial charge on any atom is 0.406 e. The highest BCUT2D eigenvalue weighted by Crippen LogP contribution is 2.28. The summed E-state index contributed by atoms with van der Waals surface area (Å²) in [6.45, 7) is 0.104. The first-order valence-corrected chi connectivity index (χ1v) is 6.09. The molecule has 0 aliphatic carbocycles. The van der Waals surface area contributed by atoms with Crippen LogP contribution >= 0.6 is 0 Å². The van der Waals surface area contributed by atoms with E-state index in [4.69, 9.17) is 14.2 Å². The van der Waals surface area contributed by atoms with Crippen molar-refractivity contribution in [2.45, 2.75) is 6.61 Å².